The van der Waals surface area contributed by atoms with Crippen molar-refractivity contribution in [3.63, 3.8) is 0 Å². The monoisotopic (exact) mass is 426 g/mol. The zero-order chi connectivity index (χ0) is 21.9. The Morgan fingerprint density at radius 2 is 1.88 bits per heavy atom. The fourth-order valence-electron chi connectivity index (χ4n) is 3.59. The molecule has 158 valence electrons. The zero-order valence-electron chi connectivity index (χ0n) is 16.9. The Hall–Kier alpha value is -4.33. The summed E-state index contributed by atoms with van der Waals surface area (Å²) in [6.45, 7) is 0.0860. The highest BCUT2D eigenvalue weighted by Gasteiger charge is 2.28. The molecule has 0 aliphatic carbocycles. The van der Waals surface area contributed by atoms with E-state index in [0.717, 1.165) is 16.7 Å². The van der Waals surface area contributed by atoms with E-state index in [9.17, 15) is 9.59 Å². The first kappa shape index (κ1) is 19.6. The van der Waals surface area contributed by atoms with E-state index in [0.29, 0.717) is 23.4 Å². The molecule has 0 saturated carbocycles. The number of ether oxygens (including phenoxy) is 1. The second-order valence-corrected chi connectivity index (χ2v) is 7.31. The van der Waals surface area contributed by atoms with Crippen LogP contribution in [0.25, 0.3) is 11.4 Å². The number of fused-ring (bicyclic) bond motifs is 1. The molecule has 2 aromatic carbocycles. The number of hydrogen-bond acceptors (Lipinski definition) is 7. The van der Waals surface area contributed by atoms with Crippen LogP contribution in [-0.4, -0.2) is 27.0 Å². The first-order valence-corrected chi connectivity index (χ1v) is 10.1. The predicted octanol–water partition coefficient (Wildman–Crippen LogP) is 3.52. The quantitative estimate of drug-likeness (QED) is 0.487. The predicted molar refractivity (Wildman–Crippen MR) is 113 cm³/mol. The van der Waals surface area contributed by atoms with Crippen molar-refractivity contribution >= 4 is 11.9 Å². The van der Waals surface area contributed by atoms with Gasteiger partial charge in [0.15, 0.2) is 0 Å². The van der Waals surface area contributed by atoms with Gasteiger partial charge in [-0.05, 0) is 41.5 Å². The lowest BCUT2D eigenvalue weighted by Gasteiger charge is -2.25. The van der Waals surface area contributed by atoms with Crippen molar-refractivity contribution in [3.8, 4) is 11.4 Å². The van der Waals surface area contributed by atoms with Crippen LogP contribution in [-0.2, 0) is 17.7 Å². The second-order valence-electron chi connectivity index (χ2n) is 7.31. The Bertz CT molecular complexity index is 1270. The minimum Gasteiger partial charge on any atom is -0.454 e. The van der Waals surface area contributed by atoms with E-state index < -0.39 is 0 Å². The highest BCUT2D eigenvalue weighted by atomic mass is 16.5. The van der Waals surface area contributed by atoms with E-state index in [1.54, 1.807) is 42.7 Å². The number of amides is 1. The van der Waals surface area contributed by atoms with Gasteiger partial charge in [0, 0.05) is 29.9 Å². The van der Waals surface area contributed by atoms with Crippen molar-refractivity contribution in [1.29, 1.82) is 0 Å². The standard InChI is InChI=1S/C24H18N4O4/c29-23(26-14-21-27-22(28-32-21)16-8-10-25-11-9-16)17-6-7-19-18(12-17)13-20(31-24(19)30)15-4-2-1-3-5-15/h1-12,20H,13-14H2,(H,26,29). The van der Waals surface area contributed by atoms with E-state index in [1.165, 1.54) is 0 Å². The molecular weight excluding hydrogens is 408 g/mol. The van der Waals surface area contributed by atoms with Gasteiger partial charge in [-0.2, -0.15) is 4.98 Å². The van der Waals surface area contributed by atoms with Crippen LogP contribution < -0.4 is 5.32 Å². The Kier molecular flexibility index (Phi) is 5.17. The van der Waals surface area contributed by atoms with Gasteiger partial charge in [0.1, 0.15) is 6.10 Å². The van der Waals surface area contributed by atoms with E-state index in [-0.39, 0.29) is 30.4 Å². The van der Waals surface area contributed by atoms with E-state index in [1.807, 2.05) is 30.3 Å². The van der Waals surface area contributed by atoms with E-state index in [2.05, 4.69) is 20.4 Å². The fraction of sp³-hybridized carbons (Fsp3) is 0.125. The Morgan fingerprint density at radius 3 is 2.69 bits per heavy atom. The lowest BCUT2D eigenvalue weighted by molar-refractivity contribution is 0.0252. The number of benzene rings is 2. The summed E-state index contributed by atoms with van der Waals surface area (Å²) in [5.41, 5.74) is 3.39. The van der Waals surface area contributed by atoms with Gasteiger partial charge in [0.25, 0.3) is 5.91 Å². The van der Waals surface area contributed by atoms with Crippen molar-refractivity contribution in [2.45, 2.75) is 19.1 Å². The molecule has 0 fully saturated rings. The van der Waals surface area contributed by atoms with Gasteiger partial charge in [-0.3, -0.25) is 9.78 Å². The normalized spacial score (nSPS) is 15.0. The SMILES string of the molecule is O=C(NCc1nc(-c2ccncc2)no1)c1ccc2c(c1)CC(c1ccccc1)OC2=O. The molecule has 8 heteroatoms. The number of nitrogens with zero attached hydrogens (tertiary/aromatic N) is 3. The van der Waals surface area contributed by atoms with Crippen molar-refractivity contribution in [3.05, 3.63) is 101 Å². The maximum absolute atomic E-state index is 12.7. The lowest BCUT2D eigenvalue weighted by atomic mass is 9.93. The Balaban J connectivity index is 1.28. The molecule has 3 heterocycles. The van der Waals surface area contributed by atoms with E-state index in [4.69, 9.17) is 9.26 Å². The maximum atomic E-state index is 12.7. The van der Waals surface area contributed by atoms with Gasteiger partial charge in [-0.1, -0.05) is 35.5 Å². The third-order valence-electron chi connectivity index (χ3n) is 5.22. The third-order valence-corrected chi connectivity index (χ3v) is 5.22. The van der Waals surface area contributed by atoms with Crippen LogP contribution in [0.4, 0.5) is 0 Å². The molecule has 4 aromatic rings. The number of carbonyl (C=O) groups excluding carboxylic acids is 2. The molecule has 0 radical (unpaired) electrons. The average Bonchev–Trinajstić information content (AvgIpc) is 3.32. The van der Waals surface area contributed by atoms with Crippen LogP contribution in [0.3, 0.4) is 0 Å². The number of esters is 1. The summed E-state index contributed by atoms with van der Waals surface area (Å²) in [5.74, 6) is 0.0277. The highest BCUT2D eigenvalue weighted by molar-refractivity contribution is 5.97. The highest BCUT2D eigenvalue weighted by Crippen LogP contribution is 2.31. The number of cyclic esters (lactones) is 1. The minimum absolute atomic E-state index is 0.0860. The third kappa shape index (κ3) is 3.98. The van der Waals surface area contributed by atoms with Crippen LogP contribution in [0.2, 0.25) is 0 Å². The molecular formula is C24H18N4O4. The van der Waals surface area contributed by atoms with Gasteiger partial charge < -0.3 is 14.6 Å². The van der Waals surface area contributed by atoms with Crippen molar-refractivity contribution in [1.82, 2.24) is 20.4 Å². The van der Waals surface area contributed by atoms with Crippen LogP contribution in [0.1, 0.15) is 43.8 Å². The number of carbonyl (C=O) groups is 2. The molecule has 1 aliphatic heterocycles. The summed E-state index contributed by atoms with van der Waals surface area (Å²) in [6.07, 6.45) is 3.41. The second kappa shape index (κ2) is 8.43. The summed E-state index contributed by atoms with van der Waals surface area (Å²) in [6, 6.07) is 18.1. The summed E-state index contributed by atoms with van der Waals surface area (Å²) >= 11 is 0. The topological polar surface area (TPSA) is 107 Å². The molecule has 1 unspecified atom stereocenters. The Labute approximate surface area is 183 Å². The molecule has 0 spiro atoms. The maximum Gasteiger partial charge on any atom is 0.339 e. The number of nitrogens with one attached hydrogen (secondary N) is 1. The zero-order valence-corrected chi connectivity index (χ0v) is 16.9. The van der Waals surface area contributed by atoms with Gasteiger partial charge in [-0.15, -0.1) is 0 Å². The molecule has 0 bridgehead atoms. The fourth-order valence-corrected chi connectivity index (χ4v) is 3.59. The van der Waals surface area contributed by atoms with Gasteiger partial charge in [-0.25, -0.2) is 4.79 Å². The van der Waals surface area contributed by atoms with Gasteiger partial charge in [0.2, 0.25) is 11.7 Å². The summed E-state index contributed by atoms with van der Waals surface area (Å²) in [5, 5.41) is 6.70. The molecule has 32 heavy (non-hydrogen) atoms. The smallest absolute Gasteiger partial charge is 0.339 e. The average molecular weight is 426 g/mol. The summed E-state index contributed by atoms with van der Waals surface area (Å²) in [7, 11) is 0. The summed E-state index contributed by atoms with van der Waals surface area (Å²) in [4.78, 5) is 33.4. The molecule has 0 saturated heterocycles. The Morgan fingerprint density at radius 1 is 1.06 bits per heavy atom. The number of hydrogen-bond donors (Lipinski definition) is 1. The first-order chi connectivity index (χ1) is 15.7. The largest absolute Gasteiger partial charge is 0.454 e. The minimum atomic E-state index is -0.387. The molecule has 1 aliphatic rings. The van der Waals surface area contributed by atoms with Crippen molar-refractivity contribution < 1.29 is 18.8 Å². The van der Waals surface area contributed by atoms with Crippen molar-refractivity contribution in [2.75, 3.05) is 0 Å². The lowest BCUT2D eigenvalue weighted by Crippen LogP contribution is -2.25. The number of pyridine rings is 1. The van der Waals surface area contributed by atoms with Gasteiger partial charge >= 0.3 is 5.97 Å². The van der Waals surface area contributed by atoms with Crippen LogP contribution >= 0.6 is 0 Å². The number of rotatable bonds is 5. The molecule has 5 rings (SSSR count). The molecule has 1 amide bonds. The van der Waals surface area contributed by atoms with Crippen molar-refractivity contribution in [2.24, 2.45) is 0 Å². The van der Waals surface area contributed by atoms with Crippen LogP contribution in [0, 0.1) is 0 Å². The molecule has 2 aromatic heterocycles. The number of aromatic nitrogens is 3. The van der Waals surface area contributed by atoms with Crippen LogP contribution in [0.15, 0.2) is 77.6 Å². The first-order valence-electron chi connectivity index (χ1n) is 10.1. The summed E-state index contributed by atoms with van der Waals surface area (Å²) < 4.78 is 10.8. The molecule has 1 N–H and O–H groups in total. The molecule has 1 atom stereocenters. The molecule has 8 nitrogen and oxygen atoms in total. The van der Waals surface area contributed by atoms with E-state index >= 15 is 0 Å². The van der Waals surface area contributed by atoms with Gasteiger partial charge in [0.05, 0.1) is 12.1 Å². The van der Waals surface area contributed by atoms with Crippen LogP contribution in [0.5, 0.6) is 0 Å².